The van der Waals surface area contributed by atoms with Gasteiger partial charge in [0.2, 0.25) is 0 Å². The molecule has 1 rings (SSSR count). The monoisotopic (exact) mass is 318 g/mol. The largest absolute Gasteiger partial charge is 0.375 e. The molecule has 0 bridgehead atoms. The molecule has 0 amide bonds. The lowest BCUT2D eigenvalue weighted by Gasteiger charge is -2.19. The second-order valence-corrected chi connectivity index (χ2v) is 4.99. The molecule has 3 heteroatoms. The van der Waals surface area contributed by atoms with Gasteiger partial charge in [-0.1, -0.05) is 6.42 Å². The summed E-state index contributed by atoms with van der Waals surface area (Å²) in [4.78, 5) is 2.30. The van der Waals surface area contributed by atoms with Gasteiger partial charge in [-0.2, -0.15) is 0 Å². The summed E-state index contributed by atoms with van der Waals surface area (Å²) < 4.78 is 1.29. The zero-order valence-electron chi connectivity index (χ0n) is 9.25. The van der Waals surface area contributed by atoms with Crippen molar-refractivity contribution in [2.24, 2.45) is 5.73 Å². The van der Waals surface area contributed by atoms with Crippen molar-refractivity contribution in [3.63, 3.8) is 0 Å². The first kappa shape index (κ1) is 12.8. The minimum atomic E-state index is 0.813. The zero-order valence-corrected chi connectivity index (χ0v) is 11.4. The molecule has 0 spiro atoms. The summed E-state index contributed by atoms with van der Waals surface area (Å²) in [5.41, 5.74) is 6.75. The van der Waals surface area contributed by atoms with Crippen LogP contribution in [-0.4, -0.2) is 20.1 Å². The molecule has 2 nitrogen and oxygen atoms in total. The maximum Gasteiger partial charge on any atom is 0.0364 e. The third kappa shape index (κ3) is 4.84. The van der Waals surface area contributed by atoms with Gasteiger partial charge in [-0.05, 0) is 66.2 Å². The van der Waals surface area contributed by atoms with E-state index in [1.807, 2.05) is 0 Å². The fourth-order valence-electron chi connectivity index (χ4n) is 1.49. The molecule has 0 aliphatic carbocycles. The van der Waals surface area contributed by atoms with Crippen LogP contribution in [0.2, 0.25) is 0 Å². The fraction of sp³-hybridized carbons (Fsp3) is 0.500. The molecule has 15 heavy (non-hydrogen) atoms. The maximum atomic E-state index is 5.46. The third-order valence-electron chi connectivity index (χ3n) is 2.47. The molecule has 0 radical (unpaired) electrons. The summed E-state index contributed by atoms with van der Waals surface area (Å²) in [5, 5.41) is 0. The highest BCUT2D eigenvalue weighted by molar-refractivity contribution is 14.1. The first-order chi connectivity index (χ1) is 7.24. The Hall–Kier alpha value is -0.290. The Morgan fingerprint density at radius 1 is 1.13 bits per heavy atom. The molecule has 0 aromatic heterocycles. The standard InChI is InChI=1S/C12H19IN2/c1-15(10-4-2-3-9-14)12-7-5-11(13)6-8-12/h5-8H,2-4,9-10,14H2,1H3. The molecule has 0 aliphatic rings. The molecular weight excluding hydrogens is 299 g/mol. The Morgan fingerprint density at radius 3 is 2.40 bits per heavy atom. The Morgan fingerprint density at radius 2 is 1.80 bits per heavy atom. The number of hydrogen-bond acceptors (Lipinski definition) is 2. The van der Waals surface area contributed by atoms with Crippen LogP contribution in [-0.2, 0) is 0 Å². The Kier molecular flexibility index (Phi) is 6.02. The van der Waals surface area contributed by atoms with Gasteiger partial charge in [0.05, 0.1) is 0 Å². The summed E-state index contributed by atoms with van der Waals surface area (Å²) in [5.74, 6) is 0. The van der Waals surface area contributed by atoms with E-state index in [0.29, 0.717) is 0 Å². The zero-order chi connectivity index (χ0) is 11.1. The van der Waals surface area contributed by atoms with E-state index in [4.69, 9.17) is 5.73 Å². The molecule has 2 N–H and O–H groups in total. The van der Waals surface area contributed by atoms with E-state index in [9.17, 15) is 0 Å². The molecular formula is C12H19IN2. The van der Waals surface area contributed by atoms with Gasteiger partial charge in [0.15, 0.2) is 0 Å². The van der Waals surface area contributed by atoms with Gasteiger partial charge in [0.1, 0.15) is 0 Å². The minimum absolute atomic E-state index is 0.813. The van der Waals surface area contributed by atoms with Crippen LogP contribution in [0.25, 0.3) is 0 Å². The van der Waals surface area contributed by atoms with Crippen LogP contribution in [0.4, 0.5) is 5.69 Å². The molecule has 0 atom stereocenters. The number of halogens is 1. The highest BCUT2D eigenvalue weighted by atomic mass is 127. The van der Waals surface area contributed by atoms with E-state index in [1.165, 1.54) is 22.1 Å². The predicted octanol–water partition coefficient (Wildman–Crippen LogP) is 2.86. The lowest BCUT2D eigenvalue weighted by Crippen LogP contribution is -2.18. The molecule has 0 heterocycles. The van der Waals surface area contributed by atoms with Crippen molar-refractivity contribution in [3.8, 4) is 0 Å². The van der Waals surface area contributed by atoms with Gasteiger partial charge >= 0.3 is 0 Å². The summed E-state index contributed by atoms with van der Waals surface area (Å²) in [6, 6.07) is 8.63. The van der Waals surface area contributed by atoms with Crippen molar-refractivity contribution >= 4 is 28.3 Å². The minimum Gasteiger partial charge on any atom is -0.375 e. The van der Waals surface area contributed by atoms with Gasteiger partial charge in [0.25, 0.3) is 0 Å². The first-order valence-corrected chi connectivity index (χ1v) is 6.48. The summed E-state index contributed by atoms with van der Waals surface area (Å²) in [6.07, 6.45) is 3.59. The van der Waals surface area contributed by atoms with Crippen LogP contribution in [0, 0.1) is 3.57 Å². The van der Waals surface area contributed by atoms with Crippen molar-refractivity contribution in [3.05, 3.63) is 27.8 Å². The van der Waals surface area contributed by atoms with Gasteiger partial charge in [0, 0.05) is 22.8 Å². The number of unbranched alkanes of at least 4 members (excludes halogenated alkanes) is 2. The summed E-state index contributed by atoms with van der Waals surface area (Å²) in [7, 11) is 2.14. The lowest BCUT2D eigenvalue weighted by molar-refractivity contribution is 0.679. The Labute approximate surface area is 106 Å². The van der Waals surface area contributed by atoms with E-state index in [2.05, 4.69) is 58.8 Å². The Bertz CT molecular complexity index is 271. The second kappa shape index (κ2) is 7.06. The average molecular weight is 318 g/mol. The molecule has 1 aromatic rings. The smallest absolute Gasteiger partial charge is 0.0364 e. The van der Waals surface area contributed by atoms with E-state index < -0.39 is 0 Å². The van der Waals surface area contributed by atoms with E-state index in [-0.39, 0.29) is 0 Å². The first-order valence-electron chi connectivity index (χ1n) is 5.41. The number of anilines is 1. The van der Waals surface area contributed by atoms with Crippen LogP contribution in [0.1, 0.15) is 19.3 Å². The number of benzene rings is 1. The molecule has 0 aliphatic heterocycles. The average Bonchev–Trinajstić information content (AvgIpc) is 2.25. The van der Waals surface area contributed by atoms with Crippen LogP contribution < -0.4 is 10.6 Å². The highest BCUT2D eigenvalue weighted by Gasteiger charge is 1.99. The van der Waals surface area contributed by atoms with Crippen LogP contribution in [0.15, 0.2) is 24.3 Å². The van der Waals surface area contributed by atoms with Gasteiger partial charge in [-0.15, -0.1) is 0 Å². The quantitative estimate of drug-likeness (QED) is 0.645. The van der Waals surface area contributed by atoms with Crippen LogP contribution in [0.3, 0.4) is 0 Å². The van der Waals surface area contributed by atoms with E-state index in [0.717, 1.165) is 19.5 Å². The molecule has 0 fully saturated rings. The van der Waals surface area contributed by atoms with Crippen LogP contribution in [0.5, 0.6) is 0 Å². The van der Waals surface area contributed by atoms with Crippen LogP contribution >= 0.6 is 22.6 Å². The number of hydrogen-bond donors (Lipinski definition) is 1. The normalized spacial score (nSPS) is 10.3. The van der Waals surface area contributed by atoms with Crippen molar-refractivity contribution in [2.75, 3.05) is 25.0 Å². The van der Waals surface area contributed by atoms with E-state index in [1.54, 1.807) is 0 Å². The summed E-state index contributed by atoms with van der Waals surface area (Å²) >= 11 is 2.33. The molecule has 0 saturated carbocycles. The Balaban J connectivity index is 2.33. The predicted molar refractivity (Wildman–Crippen MR) is 75.3 cm³/mol. The number of nitrogens with two attached hydrogens (primary N) is 1. The molecule has 0 saturated heterocycles. The molecule has 84 valence electrons. The second-order valence-electron chi connectivity index (χ2n) is 3.75. The van der Waals surface area contributed by atoms with Gasteiger partial charge in [-0.25, -0.2) is 0 Å². The number of rotatable bonds is 6. The van der Waals surface area contributed by atoms with Crippen molar-refractivity contribution < 1.29 is 0 Å². The highest BCUT2D eigenvalue weighted by Crippen LogP contribution is 2.15. The number of nitrogens with zero attached hydrogens (tertiary/aromatic N) is 1. The van der Waals surface area contributed by atoms with Crippen molar-refractivity contribution in [1.82, 2.24) is 0 Å². The van der Waals surface area contributed by atoms with Crippen molar-refractivity contribution in [1.29, 1.82) is 0 Å². The topological polar surface area (TPSA) is 29.3 Å². The SMILES string of the molecule is CN(CCCCCN)c1ccc(I)cc1. The van der Waals surface area contributed by atoms with Gasteiger partial charge in [-0.3, -0.25) is 0 Å². The van der Waals surface area contributed by atoms with E-state index >= 15 is 0 Å². The molecule has 0 unspecified atom stereocenters. The fourth-order valence-corrected chi connectivity index (χ4v) is 1.85. The lowest BCUT2D eigenvalue weighted by atomic mass is 10.2. The molecule has 1 aromatic carbocycles. The third-order valence-corrected chi connectivity index (χ3v) is 3.18. The summed E-state index contributed by atoms with van der Waals surface area (Å²) in [6.45, 7) is 1.92. The maximum absolute atomic E-state index is 5.46. The van der Waals surface area contributed by atoms with Gasteiger partial charge < -0.3 is 10.6 Å². The van der Waals surface area contributed by atoms with Crippen molar-refractivity contribution in [2.45, 2.75) is 19.3 Å².